The molecule has 2 aliphatic rings. The number of hydrazine groups is 1. The maximum absolute atomic E-state index is 13.4. The standard InChI is InChI=1S/C18H23ClF2N4/c1-2-4-14(19)5-3-10-25-16-13-22-9-6-15(16)17(23-25)24-11-7-18(20,21)8-12-24/h3-6,9,13,17,23H,2,7-8,10-12H2,1H3/b5-3-,14-4+. The van der Waals surface area contributed by atoms with E-state index in [4.69, 9.17) is 11.6 Å². The summed E-state index contributed by atoms with van der Waals surface area (Å²) in [5.74, 6) is -2.54. The summed E-state index contributed by atoms with van der Waals surface area (Å²) in [5.41, 5.74) is 5.47. The van der Waals surface area contributed by atoms with Crippen molar-refractivity contribution in [3.63, 3.8) is 0 Å². The summed E-state index contributed by atoms with van der Waals surface area (Å²) < 4.78 is 26.9. The van der Waals surface area contributed by atoms with E-state index in [0.29, 0.717) is 24.7 Å². The van der Waals surface area contributed by atoms with Crippen LogP contribution in [0.3, 0.4) is 0 Å². The van der Waals surface area contributed by atoms with E-state index >= 15 is 0 Å². The van der Waals surface area contributed by atoms with Gasteiger partial charge in [0.25, 0.3) is 5.92 Å². The number of hydrogen-bond donors (Lipinski definition) is 1. The highest BCUT2D eigenvalue weighted by Gasteiger charge is 2.39. The average molecular weight is 369 g/mol. The molecule has 1 atom stereocenters. The highest BCUT2D eigenvalue weighted by atomic mass is 35.5. The largest absolute Gasteiger partial charge is 0.301 e. The normalized spacial score (nSPS) is 24.1. The zero-order valence-corrected chi connectivity index (χ0v) is 15.0. The molecule has 0 saturated carbocycles. The van der Waals surface area contributed by atoms with Crippen molar-refractivity contribution in [3.05, 3.63) is 47.3 Å². The number of allylic oxidation sites excluding steroid dienone is 3. The molecule has 0 aliphatic carbocycles. The van der Waals surface area contributed by atoms with E-state index in [9.17, 15) is 8.78 Å². The lowest BCUT2D eigenvalue weighted by molar-refractivity contribution is -0.0654. The molecular formula is C18H23ClF2N4. The van der Waals surface area contributed by atoms with Gasteiger partial charge in [-0.05, 0) is 18.6 Å². The second kappa shape index (κ2) is 7.81. The van der Waals surface area contributed by atoms with Crippen LogP contribution in [0, 0.1) is 0 Å². The second-order valence-corrected chi connectivity index (χ2v) is 6.80. The summed E-state index contributed by atoms with van der Waals surface area (Å²) in [6.07, 6.45) is 9.95. The number of halogens is 3. The van der Waals surface area contributed by atoms with Gasteiger partial charge in [0.15, 0.2) is 0 Å². The molecule has 2 aliphatic heterocycles. The van der Waals surface area contributed by atoms with E-state index in [2.05, 4.69) is 15.3 Å². The molecule has 0 aromatic carbocycles. The van der Waals surface area contributed by atoms with E-state index in [1.807, 2.05) is 36.2 Å². The molecule has 3 rings (SSSR count). The zero-order valence-electron chi connectivity index (χ0n) is 14.3. The smallest absolute Gasteiger partial charge is 0.250 e. The first-order chi connectivity index (χ1) is 12.0. The lowest BCUT2D eigenvalue weighted by Gasteiger charge is -2.36. The van der Waals surface area contributed by atoms with Gasteiger partial charge in [-0.25, -0.2) is 14.2 Å². The van der Waals surface area contributed by atoms with Gasteiger partial charge in [0, 0.05) is 42.7 Å². The maximum Gasteiger partial charge on any atom is 0.250 e. The van der Waals surface area contributed by atoms with Crippen LogP contribution >= 0.6 is 11.6 Å². The van der Waals surface area contributed by atoms with Crippen LogP contribution in [0.2, 0.25) is 0 Å². The van der Waals surface area contributed by atoms with E-state index in [-0.39, 0.29) is 19.0 Å². The van der Waals surface area contributed by atoms with Crippen molar-refractivity contribution in [1.29, 1.82) is 0 Å². The number of piperidine rings is 1. The van der Waals surface area contributed by atoms with Crippen molar-refractivity contribution < 1.29 is 8.78 Å². The molecule has 3 heterocycles. The fraction of sp³-hybridized carbons (Fsp3) is 0.500. The Labute approximate surface area is 152 Å². The summed E-state index contributed by atoms with van der Waals surface area (Å²) in [7, 11) is 0. The molecule has 4 nitrogen and oxygen atoms in total. The first-order valence-corrected chi connectivity index (χ1v) is 8.99. The number of hydrogen-bond acceptors (Lipinski definition) is 4. The predicted octanol–water partition coefficient (Wildman–Crippen LogP) is 4.22. The number of likely N-dealkylation sites (tertiary alicyclic amines) is 1. The molecule has 0 radical (unpaired) electrons. The van der Waals surface area contributed by atoms with E-state index < -0.39 is 5.92 Å². The van der Waals surface area contributed by atoms with Crippen LogP contribution in [0.15, 0.2) is 41.7 Å². The van der Waals surface area contributed by atoms with Crippen LogP contribution < -0.4 is 10.4 Å². The first kappa shape index (κ1) is 18.3. The molecule has 7 heteroatoms. The van der Waals surface area contributed by atoms with Gasteiger partial charge in [-0.1, -0.05) is 30.7 Å². The molecule has 0 amide bonds. The Morgan fingerprint density at radius 2 is 2.20 bits per heavy atom. The Morgan fingerprint density at radius 3 is 2.92 bits per heavy atom. The van der Waals surface area contributed by atoms with Gasteiger partial charge in [0.05, 0.1) is 18.4 Å². The predicted molar refractivity (Wildman–Crippen MR) is 96.6 cm³/mol. The van der Waals surface area contributed by atoms with Gasteiger partial charge in [-0.15, -0.1) is 0 Å². The fourth-order valence-corrected chi connectivity index (χ4v) is 3.46. The molecule has 0 bridgehead atoms. The van der Waals surface area contributed by atoms with Crippen LogP contribution in [-0.2, 0) is 0 Å². The number of nitrogens with one attached hydrogen (secondary N) is 1. The molecule has 1 saturated heterocycles. The second-order valence-electron chi connectivity index (χ2n) is 6.37. The van der Waals surface area contributed by atoms with Crippen LogP contribution in [0.1, 0.15) is 37.9 Å². The molecule has 1 fully saturated rings. The van der Waals surface area contributed by atoms with Crippen LogP contribution in [0.4, 0.5) is 14.5 Å². The first-order valence-electron chi connectivity index (χ1n) is 8.62. The molecule has 1 N–H and O–H groups in total. The van der Waals surface area contributed by atoms with Gasteiger partial charge in [0.2, 0.25) is 0 Å². The number of anilines is 1. The Morgan fingerprint density at radius 1 is 1.44 bits per heavy atom. The van der Waals surface area contributed by atoms with Crippen LogP contribution in [-0.4, -0.2) is 35.4 Å². The minimum atomic E-state index is -2.54. The van der Waals surface area contributed by atoms with Gasteiger partial charge in [0.1, 0.15) is 6.17 Å². The number of alkyl halides is 2. The molecule has 25 heavy (non-hydrogen) atoms. The Kier molecular flexibility index (Phi) is 5.71. The topological polar surface area (TPSA) is 31.4 Å². The van der Waals surface area contributed by atoms with Crippen molar-refractivity contribution in [2.24, 2.45) is 0 Å². The van der Waals surface area contributed by atoms with E-state index in [1.165, 1.54) is 0 Å². The van der Waals surface area contributed by atoms with Gasteiger partial charge < -0.3 is 5.01 Å². The summed E-state index contributed by atoms with van der Waals surface area (Å²) in [4.78, 5) is 6.27. The Hall–Kier alpha value is -1.50. The third kappa shape index (κ3) is 4.37. The third-order valence-corrected chi connectivity index (χ3v) is 4.84. The van der Waals surface area contributed by atoms with Crippen molar-refractivity contribution in [3.8, 4) is 0 Å². The van der Waals surface area contributed by atoms with Crippen molar-refractivity contribution in [1.82, 2.24) is 15.3 Å². The van der Waals surface area contributed by atoms with Crippen LogP contribution in [0.25, 0.3) is 0 Å². The minimum absolute atomic E-state index is 0.0934. The molecular weight excluding hydrogens is 346 g/mol. The summed E-state index contributed by atoms with van der Waals surface area (Å²) in [5, 5.41) is 2.70. The zero-order chi connectivity index (χ0) is 17.9. The quantitative estimate of drug-likeness (QED) is 0.788. The summed E-state index contributed by atoms with van der Waals surface area (Å²) in [6.45, 7) is 3.40. The summed E-state index contributed by atoms with van der Waals surface area (Å²) >= 11 is 6.09. The van der Waals surface area contributed by atoms with E-state index in [1.54, 1.807) is 12.4 Å². The monoisotopic (exact) mass is 368 g/mol. The average Bonchev–Trinajstić information content (AvgIpc) is 2.94. The Bertz CT molecular complexity index is 652. The fourth-order valence-electron chi connectivity index (χ4n) is 3.21. The Balaban J connectivity index is 1.70. The molecule has 1 aromatic rings. The SMILES string of the molecule is CC/C=C(Cl)\C=C/CN1NC(N2CCC(F)(F)CC2)c2ccncc21. The molecule has 1 aromatic heterocycles. The van der Waals surface area contributed by atoms with Crippen molar-refractivity contribution in [2.45, 2.75) is 38.3 Å². The summed E-state index contributed by atoms with van der Waals surface area (Å²) in [6, 6.07) is 1.95. The van der Waals surface area contributed by atoms with E-state index in [0.717, 1.165) is 17.7 Å². The number of nitrogens with zero attached hydrogens (tertiary/aromatic N) is 3. The highest BCUT2D eigenvalue weighted by Crippen LogP contribution is 2.37. The lowest BCUT2D eigenvalue weighted by Crippen LogP contribution is -2.47. The van der Waals surface area contributed by atoms with Crippen molar-refractivity contribution in [2.75, 3.05) is 24.6 Å². The third-order valence-electron chi connectivity index (χ3n) is 4.56. The molecule has 136 valence electrons. The maximum atomic E-state index is 13.4. The molecule has 1 unspecified atom stereocenters. The number of rotatable bonds is 5. The van der Waals surface area contributed by atoms with Crippen molar-refractivity contribution >= 4 is 17.3 Å². The lowest BCUT2D eigenvalue weighted by atomic mass is 10.0. The van der Waals surface area contributed by atoms with Gasteiger partial charge >= 0.3 is 0 Å². The minimum Gasteiger partial charge on any atom is -0.301 e. The number of fused-ring (bicyclic) bond motifs is 1. The number of aromatic nitrogens is 1. The van der Waals surface area contributed by atoms with Gasteiger partial charge in [-0.2, -0.15) is 0 Å². The number of pyridine rings is 1. The van der Waals surface area contributed by atoms with Crippen LogP contribution in [0.5, 0.6) is 0 Å². The highest BCUT2D eigenvalue weighted by molar-refractivity contribution is 6.31. The van der Waals surface area contributed by atoms with Gasteiger partial charge in [-0.3, -0.25) is 9.88 Å². The molecule has 0 spiro atoms.